The Morgan fingerprint density at radius 3 is 1.50 bits per heavy atom. The fourth-order valence-corrected chi connectivity index (χ4v) is 8.30. The number of fused-ring (bicyclic) bond motifs is 9. The van der Waals surface area contributed by atoms with Crippen molar-refractivity contribution in [3.8, 4) is 62.1 Å². The number of nitrogens with zero attached hydrogens (tertiary/aromatic N) is 5. The maximum Gasteiger partial charge on any atom is 0.164 e. The van der Waals surface area contributed by atoms with Crippen LogP contribution in [0.4, 0.5) is 17.1 Å². The van der Waals surface area contributed by atoms with Crippen molar-refractivity contribution < 1.29 is 0 Å². The first kappa shape index (κ1) is 31.9. The minimum Gasteiger partial charge on any atom is -0.309 e. The third kappa shape index (κ3) is 5.13. The van der Waals surface area contributed by atoms with Crippen molar-refractivity contribution in [3.05, 3.63) is 200 Å². The zero-order valence-corrected chi connectivity index (χ0v) is 30.3. The van der Waals surface area contributed by atoms with Crippen LogP contribution >= 0.6 is 0 Å². The van der Waals surface area contributed by atoms with Crippen molar-refractivity contribution in [3.63, 3.8) is 0 Å². The van der Waals surface area contributed by atoms with Crippen LogP contribution in [0.15, 0.2) is 200 Å². The summed E-state index contributed by atoms with van der Waals surface area (Å²) in [6, 6.07) is 70.5. The van der Waals surface area contributed by atoms with Crippen LogP contribution in [0, 0.1) is 0 Å². The molecule has 2 aromatic heterocycles. The molecule has 8 aromatic carbocycles. The third-order valence-electron chi connectivity index (χ3n) is 10.8. The molecule has 0 saturated carbocycles. The topological polar surface area (TPSA) is 46.8 Å². The van der Waals surface area contributed by atoms with Gasteiger partial charge in [-0.3, -0.25) is 0 Å². The summed E-state index contributed by atoms with van der Waals surface area (Å²) in [5.41, 5.74) is 14.5. The Hall–Kier alpha value is -7.63. The monoisotopic (exact) mass is 715 g/mol. The molecule has 56 heavy (non-hydrogen) atoms. The lowest BCUT2D eigenvalue weighted by Gasteiger charge is -2.27. The van der Waals surface area contributed by atoms with Crippen molar-refractivity contribution >= 4 is 38.9 Å². The van der Waals surface area contributed by atoms with Crippen molar-refractivity contribution in [2.75, 3.05) is 4.90 Å². The van der Waals surface area contributed by atoms with Crippen LogP contribution in [0.25, 0.3) is 83.9 Å². The molecule has 1 aliphatic heterocycles. The molecule has 0 fully saturated rings. The molecule has 5 nitrogen and oxygen atoms in total. The summed E-state index contributed by atoms with van der Waals surface area (Å²) in [6.45, 7) is 0. The van der Waals surface area contributed by atoms with Gasteiger partial charge in [0.05, 0.1) is 22.4 Å². The number of para-hydroxylation sites is 3. The molecule has 0 spiro atoms. The average molecular weight is 716 g/mol. The van der Waals surface area contributed by atoms with Crippen molar-refractivity contribution in [1.82, 2.24) is 19.5 Å². The second-order valence-corrected chi connectivity index (χ2v) is 14.0. The molecule has 10 aromatic rings. The van der Waals surface area contributed by atoms with Crippen molar-refractivity contribution in [1.29, 1.82) is 0 Å². The fraction of sp³-hybridized carbons (Fsp3) is 0. The number of hydrogen-bond acceptors (Lipinski definition) is 4. The van der Waals surface area contributed by atoms with Crippen LogP contribution in [0.1, 0.15) is 0 Å². The van der Waals surface area contributed by atoms with E-state index in [0.717, 1.165) is 50.5 Å². The Morgan fingerprint density at radius 1 is 0.321 bits per heavy atom. The van der Waals surface area contributed by atoms with Gasteiger partial charge in [0.25, 0.3) is 0 Å². The summed E-state index contributed by atoms with van der Waals surface area (Å²) in [7, 11) is 0. The van der Waals surface area contributed by atoms with E-state index in [4.69, 9.17) is 15.0 Å². The molecule has 0 N–H and O–H groups in total. The van der Waals surface area contributed by atoms with Crippen LogP contribution in [0.3, 0.4) is 0 Å². The van der Waals surface area contributed by atoms with Crippen molar-refractivity contribution in [2.45, 2.75) is 0 Å². The van der Waals surface area contributed by atoms with Gasteiger partial charge in [0.2, 0.25) is 0 Å². The summed E-state index contributed by atoms with van der Waals surface area (Å²) in [6.07, 6.45) is 0. The maximum atomic E-state index is 4.99. The number of rotatable bonds is 5. The van der Waals surface area contributed by atoms with E-state index < -0.39 is 0 Å². The van der Waals surface area contributed by atoms with Gasteiger partial charge < -0.3 is 9.47 Å². The first-order valence-corrected chi connectivity index (χ1v) is 18.9. The quantitative estimate of drug-likeness (QED) is 0.178. The first-order valence-electron chi connectivity index (χ1n) is 18.9. The summed E-state index contributed by atoms with van der Waals surface area (Å²) in [5.74, 6) is 1.93. The van der Waals surface area contributed by atoms with E-state index in [-0.39, 0.29) is 0 Å². The number of anilines is 3. The fourth-order valence-electron chi connectivity index (χ4n) is 8.30. The molecule has 0 amide bonds. The highest BCUT2D eigenvalue weighted by Gasteiger charge is 2.29. The van der Waals surface area contributed by atoms with Crippen LogP contribution in [-0.4, -0.2) is 19.5 Å². The van der Waals surface area contributed by atoms with E-state index in [0.29, 0.717) is 17.5 Å². The van der Waals surface area contributed by atoms with Gasteiger partial charge in [-0.1, -0.05) is 140 Å². The van der Waals surface area contributed by atoms with Crippen molar-refractivity contribution in [2.24, 2.45) is 0 Å². The van der Waals surface area contributed by atoms with E-state index in [1.54, 1.807) is 0 Å². The molecule has 5 heteroatoms. The molecule has 3 heterocycles. The minimum absolute atomic E-state index is 0.633. The zero-order chi connectivity index (χ0) is 37.0. The molecule has 11 rings (SSSR count). The predicted molar refractivity (Wildman–Crippen MR) is 230 cm³/mol. The molecule has 1 aliphatic rings. The highest BCUT2D eigenvalue weighted by Crippen LogP contribution is 2.54. The summed E-state index contributed by atoms with van der Waals surface area (Å²) >= 11 is 0. The second kappa shape index (κ2) is 13.0. The van der Waals surface area contributed by atoms with Gasteiger partial charge in [-0.15, -0.1) is 0 Å². The second-order valence-electron chi connectivity index (χ2n) is 14.0. The Bertz CT molecular complexity index is 3010. The van der Waals surface area contributed by atoms with Crippen LogP contribution < -0.4 is 4.90 Å². The number of aromatic nitrogens is 4. The van der Waals surface area contributed by atoms with Gasteiger partial charge in [0, 0.05) is 50.0 Å². The van der Waals surface area contributed by atoms with E-state index in [1.165, 1.54) is 33.0 Å². The van der Waals surface area contributed by atoms with Crippen LogP contribution in [0.2, 0.25) is 0 Å². The van der Waals surface area contributed by atoms with E-state index in [1.807, 2.05) is 60.7 Å². The highest BCUT2D eigenvalue weighted by atomic mass is 15.2. The Morgan fingerprint density at radius 2 is 0.839 bits per heavy atom. The lowest BCUT2D eigenvalue weighted by Crippen LogP contribution is -2.10. The Kier molecular flexibility index (Phi) is 7.42. The summed E-state index contributed by atoms with van der Waals surface area (Å²) in [4.78, 5) is 17.3. The molecular formula is C51H33N5. The molecule has 0 radical (unpaired) electrons. The van der Waals surface area contributed by atoms with Gasteiger partial charge in [0.1, 0.15) is 0 Å². The molecular weight excluding hydrogens is 683 g/mol. The molecule has 0 aliphatic carbocycles. The number of benzene rings is 8. The van der Waals surface area contributed by atoms with Gasteiger partial charge in [-0.2, -0.15) is 0 Å². The van der Waals surface area contributed by atoms with Gasteiger partial charge in [0.15, 0.2) is 17.5 Å². The van der Waals surface area contributed by atoms with E-state index in [9.17, 15) is 0 Å². The van der Waals surface area contributed by atoms with E-state index in [2.05, 4.69) is 149 Å². The Labute approximate surface area is 324 Å². The summed E-state index contributed by atoms with van der Waals surface area (Å²) < 4.78 is 2.39. The maximum absolute atomic E-state index is 4.99. The summed E-state index contributed by atoms with van der Waals surface area (Å²) in [5, 5.41) is 2.43. The average Bonchev–Trinajstić information content (AvgIpc) is 3.55. The molecule has 0 bridgehead atoms. The van der Waals surface area contributed by atoms with E-state index >= 15 is 0 Å². The molecule has 0 saturated heterocycles. The SMILES string of the molecule is c1ccc(-c2nc(-c3ccccc3)nc(-c3ccc(-n4c5ccccc5c5c6c(ccc54)N(c4ccccc4)c4ccccc4-c4ccccc4-6)cc3)n2)cc1. The largest absolute Gasteiger partial charge is 0.309 e. The van der Waals surface area contributed by atoms with Gasteiger partial charge in [-0.05, 0) is 71.8 Å². The number of hydrogen-bond donors (Lipinski definition) is 0. The van der Waals surface area contributed by atoms with Gasteiger partial charge >= 0.3 is 0 Å². The van der Waals surface area contributed by atoms with Crippen LogP contribution in [-0.2, 0) is 0 Å². The zero-order valence-electron chi connectivity index (χ0n) is 30.3. The minimum atomic E-state index is 0.633. The highest BCUT2D eigenvalue weighted by molar-refractivity contribution is 6.21. The molecule has 0 unspecified atom stereocenters. The van der Waals surface area contributed by atoms with Crippen LogP contribution in [0.5, 0.6) is 0 Å². The smallest absolute Gasteiger partial charge is 0.164 e. The lowest BCUT2D eigenvalue weighted by atomic mass is 9.92. The third-order valence-corrected chi connectivity index (χ3v) is 10.8. The molecule has 262 valence electrons. The molecule has 0 atom stereocenters. The first-order chi connectivity index (χ1) is 27.8. The predicted octanol–water partition coefficient (Wildman–Crippen LogP) is 13.1. The standard InChI is InChI=1S/C51H33N5/c1-4-16-34(17-5-1)49-52-50(35-18-6-2-7-19-35)54-51(53-49)36-28-30-38(31-29-36)56-44-27-15-13-25-42(44)48-46(56)33-32-45-47(48)41-24-11-10-22-39(41)40-23-12-14-26-43(40)55(45)37-20-8-3-9-21-37/h1-33H. The van der Waals surface area contributed by atoms with Gasteiger partial charge in [-0.25, -0.2) is 15.0 Å². The normalized spacial score (nSPS) is 11.9. The Balaban J connectivity index is 1.12. The lowest BCUT2D eigenvalue weighted by molar-refractivity contribution is 1.07.